The van der Waals surface area contributed by atoms with Gasteiger partial charge in [0.05, 0.1) is 13.0 Å². The van der Waals surface area contributed by atoms with Crippen LogP contribution < -0.4 is 11.1 Å². The van der Waals surface area contributed by atoms with Crippen LogP contribution >= 0.6 is 11.6 Å². The number of nitrogen functional groups attached to an aromatic ring is 1. The van der Waals surface area contributed by atoms with Gasteiger partial charge in [0.15, 0.2) is 5.82 Å². The molecule has 3 N–H and O–H groups in total. The standard InChI is InChI=1S/C14H15ClN4O2/c1-2-21-11(20)7-9-3-5-10(6-4-9)19-14-12(15)13(16)17-8-18-14/h3-6,8H,2,7H2,1H3,(H3,16,17,18,19). The molecule has 0 atom stereocenters. The average molecular weight is 307 g/mol. The van der Waals surface area contributed by atoms with Crippen LogP contribution in [-0.4, -0.2) is 22.5 Å². The van der Waals surface area contributed by atoms with E-state index < -0.39 is 0 Å². The number of nitrogens with two attached hydrogens (primary N) is 1. The van der Waals surface area contributed by atoms with E-state index in [1.807, 2.05) is 24.3 Å². The molecular formula is C14H15ClN4O2. The molecule has 0 unspecified atom stereocenters. The number of benzene rings is 1. The van der Waals surface area contributed by atoms with Gasteiger partial charge in [-0.05, 0) is 24.6 Å². The predicted octanol–water partition coefficient (Wildman–Crippen LogP) is 2.56. The number of hydrogen-bond donors (Lipinski definition) is 2. The van der Waals surface area contributed by atoms with E-state index in [1.54, 1.807) is 6.92 Å². The van der Waals surface area contributed by atoms with Gasteiger partial charge < -0.3 is 15.8 Å². The van der Waals surface area contributed by atoms with E-state index in [0.29, 0.717) is 12.4 Å². The summed E-state index contributed by atoms with van der Waals surface area (Å²) in [6, 6.07) is 7.31. The van der Waals surface area contributed by atoms with Crippen LogP contribution in [0.2, 0.25) is 5.02 Å². The van der Waals surface area contributed by atoms with Crippen molar-refractivity contribution < 1.29 is 9.53 Å². The van der Waals surface area contributed by atoms with Crippen molar-refractivity contribution in [2.75, 3.05) is 17.7 Å². The predicted molar refractivity (Wildman–Crippen MR) is 81.5 cm³/mol. The monoisotopic (exact) mass is 306 g/mol. The van der Waals surface area contributed by atoms with Crippen molar-refractivity contribution in [1.82, 2.24) is 9.97 Å². The van der Waals surface area contributed by atoms with Gasteiger partial charge in [-0.1, -0.05) is 23.7 Å². The molecule has 0 aliphatic heterocycles. The molecule has 1 aromatic carbocycles. The van der Waals surface area contributed by atoms with Gasteiger partial charge in [-0.15, -0.1) is 0 Å². The Morgan fingerprint density at radius 2 is 2.05 bits per heavy atom. The number of nitrogens with one attached hydrogen (secondary N) is 1. The van der Waals surface area contributed by atoms with Crippen LogP contribution in [-0.2, 0) is 16.0 Å². The Bertz CT molecular complexity index is 631. The number of carbonyl (C=O) groups excluding carboxylic acids is 1. The topological polar surface area (TPSA) is 90.1 Å². The van der Waals surface area contributed by atoms with Crippen molar-refractivity contribution in [3.05, 3.63) is 41.2 Å². The van der Waals surface area contributed by atoms with E-state index in [2.05, 4.69) is 15.3 Å². The van der Waals surface area contributed by atoms with Crippen molar-refractivity contribution >= 4 is 34.9 Å². The summed E-state index contributed by atoms with van der Waals surface area (Å²) < 4.78 is 4.90. The second-order valence-electron chi connectivity index (χ2n) is 4.23. The maximum Gasteiger partial charge on any atom is 0.310 e. The van der Waals surface area contributed by atoms with Gasteiger partial charge in [-0.25, -0.2) is 9.97 Å². The first-order valence-electron chi connectivity index (χ1n) is 6.37. The average Bonchev–Trinajstić information content (AvgIpc) is 2.46. The highest BCUT2D eigenvalue weighted by atomic mass is 35.5. The molecule has 2 rings (SSSR count). The van der Waals surface area contributed by atoms with E-state index in [0.717, 1.165) is 11.3 Å². The number of esters is 1. The first-order valence-corrected chi connectivity index (χ1v) is 6.75. The Kier molecular flexibility index (Phi) is 4.94. The van der Waals surface area contributed by atoms with Gasteiger partial charge in [0, 0.05) is 5.69 Å². The highest BCUT2D eigenvalue weighted by molar-refractivity contribution is 6.35. The number of ether oxygens (including phenoxy) is 1. The van der Waals surface area contributed by atoms with Gasteiger partial charge in [0.1, 0.15) is 17.2 Å². The Morgan fingerprint density at radius 1 is 1.33 bits per heavy atom. The third kappa shape index (κ3) is 4.06. The lowest BCUT2D eigenvalue weighted by molar-refractivity contribution is -0.142. The fourth-order valence-corrected chi connectivity index (χ4v) is 1.84. The van der Waals surface area contributed by atoms with Crippen LogP contribution in [0, 0.1) is 0 Å². The minimum absolute atomic E-state index is 0.216. The summed E-state index contributed by atoms with van der Waals surface area (Å²) in [5, 5.41) is 3.31. The summed E-state index contributed by atoms with van der Waals surface area (Å²) >= 11 is 6.00. The molecule has 0 aliphatic rings. The van der Waals surface area contributed by atoms with Crippen molar-refractivity contribution in [1.29, 1.82) is 0 Å². The number of carbonyl (C=O) groups is 1. The number of halogens is 1. The van der Waals surface area contributed by atoms with Crippen molar-refractivity contribution in [3.8, 4) is 0 Å². The molecule has 0 saturated carbocycles. The first kappa shape index (κ1) is 15.1. The van der Waals surface area contributed by atoms with Crippen molar-refractivity contribution in [2.45, 2.75) is 13.3 Å². The lowest BCUT2D eigenvalue weighted by atomic mass is 10.1. The Morgan fingerprint density at radius 3 is 2.71 bits per heavy atom. The van der Waals surface area contributed by atoms with E-state index in [1.165, 1.54) is 6.33 Å². The Hall–Kier alpha value is -2.34. The molecule has 0 aliphatic carbocycles. The summed E-state index contributed by atoms with van der Waals surface area (Å²) in [4.78, 5) is 19.2. The van der Waals surface area contributed by atoms with Gasteiger partial charge in [-0.2, -0.15) is 0 Å². The minimum atomic E-state index is -0.246. The molecular weight excluding hydrogens is 292 g/mol. The summed E-state index contributed by atoms with van der Waals surface area (Å²) in [5.41, 5.74) is 7.26. The number of rotatable bonds is 5. The van der Waals surface area contributed by atoms with E-state index in [4.69, 9.17) is 22.1 Å². The summed E-state index contributed by atoms with van der Waals surface area (Å²) in [6.45, 7) is 2.16. The van der Waals surface area contributed by atoms with Gasteiger partial charge in [0.25, 0.3) is 0 Å². The van der Waals surface area contributed by atoms with Crippen LogP contribution in [0.4, 0.5) is 17.3 Å². The zero-order valence-corrected chi connectivity index (χ0v) is 12.2. The van der Waals surface area contributed by atoms with Crippen LogP contribution in [0.1, 0.15) is 12.5 Å². The van der Waals surface area contributed by atoms with Crippen LogP contribution in [0.25, 0.3) is 0 Å². The van der Waals surface area contributed by atoms with E-state index in [-0.39, 0.29) is 23.2 Å². The largest absolute Gasteiger partial charge is 0.466 e. The Labute approximate surface area is 127 Å². The smallest absolute Gasteiger partial charge is 0.310 e. The SMILES string of the molecule is CCOC(=O)Cc1ccc(Nc2ncnc(N)c2Cl)cc1. The molecule has 110 valence electrons. The fourth-order valence-electron chi connectivity index (χ4n) is 1.69. The summed E-state index contributed by atoms with van der Waals surface area (Å²) in [7, 11) is 0. The molecule has 0 spiro atoms. The maximum atomic E-state index is 11.4. The fraction of sp³-hybridized carbons (Fsp3) is 0.214. The third-order valence-electron chi connectivity index (χ3n) is 2.69. The summed E-state index contributed by atoms with van der Waals surface area (Å²) in [6.07, 6.45) is 1.58. The van der Waals surface area contributed by atoms with Crippen LogP contribution in [0.15, 0.2) is 30.6 Å². The molecule has 0 saturated heterocycles. The molecule has 2 aromatic rings. The lowest BCUT2D eigenvalue weighted by Crippen LogP contribution is -2.07. The molecule has 0 amide bonds. The molecule has 6 nitrogen and oxygen atoms in total. The highest BCUT2D eigenvalue weighted by Crippen LogP contribution is 2.26. The number of aromatic nitrogens is 2. The normalized spacial score (nSPS) is 10.2. The maximum absolute atomic E-state index is 11.4. The lowest BCUT2D eigenvalue weighted by Gasteiger charge is -2.09. The van der Waals surface area contributed by atoms with E-state index in [9.17, 15) is 4.79 Å². The van der Waals surface area contributed by atoms with Crippen molar-refractivity contribution in [2.24, 2.45) is 0 Å². The molecule has 7 heteroatoms. The molecule has 1 aromatic heterocycles. The molecule has 0 fully saturated rings. The van der Waals surface area contributed by atoms with Gasteiger partial charge in [-0.3, -0.25) is 4.79 Å². The number of hydrogen-bond acceptors (Lipinski definition) is 6. The second-order valence-corrected chi connectivity index (χ2v) is 4.60. The first-order chi connectivity index (χ1) is 10.1. The number of nitrogens with zero attached hydrogens (tertiary/aromatic N) is 2. The van der Waals surface area contributed by atoms with Gasteiger partial charge >= 0.3 is 5.97 Å². The summed E-state index contributed by atoms with van der Waals surface area (Å²) in [5.74, 6) is 0.403. The van der Waals surface area contributed by atoms with Crippen LogP contribution in [0.3, 0.4) is 0 Å². The second kappa shape index (κ2) is 6.90. The molecule has 21 heavy (non-hydrogen) atoms. The van der Waals surface area contributed by atoms with E-state index >= 15 is 0 Å². The highest BCUT2D eigenvalue weighted by Gasteiger charge is 2.07. The molecule has 0 bridgehead atoms. The zero-order valence-electron chi connectivity index (χ0n) is 11.5. The molecule has 1 heterocycles. The minimum Gasteiger partial charge on any atom is -0.466 e. The third-order valence-corrected chi connectivity index (χ3v) is 3.06. The Balaban J connectivity index is 2.05. The number of anilines is 3. The quantitative estimate of drug-likeness (QED) is 0.825. The van der Waals surface area contributed by atoms with Crippen LogP contribution in [0.5, 0.6) is 0 Å². The van der Waals surface area contributed by atoms with Gasteiger partial charge in [0.2, 0.25) is 0 Å². The van der Waals surface area contributed by atoms with Crippen molar-refractivity contribution in [3.63, 3.8) is 0 Å². The zero-order chi connectivity index (χ0) is 15.2. The molecule has 0 radical (unpaired) electrons.